The highest BCUT2D eigenvalue weighted by atomic mass is 32.2. The van der Waals surface area contributed by atoms with Gasteiger partial charge in [-0.3, -0.25) is 9.69 Å². The smallest absolute Gasteiger partial charge is 0.266 e. The largest absolute Gasteiger partial charge is 0.550 e. The van der Waals surface area contributed by atoms with Crippen LogP contribution in [0.3, 0.4) is 0 Å². The predicted octanol–water partition coefficient (Wildman–Crippen LogP) is 2.91. The summed E-state index contributed by atoms with van der Waals surface area (Å²) in [7, 11) is 0. The molecule has 1 amide bonds. The summed E-state index contributed by atoms with van der Waals surface area (Å²) in [6, 6.07) is 3.88. The third-order valence-corrected chi connectivity index (χ3v) is 5.91. The van der Waals surface area contributed by atoms with E-state index in [0.29, 0.717) is 39.8 Å². The highest BCUT2D eigenvalue weighted by Crippen LogP contribution is 2.47. The summed E-state index contributed by atoms with van der Waals surface area (Å²) in [5.41, 5.74) is 0. The molecule has 1 aromatic heterocycles. The zero-order valence-electron chi connectivity index (χ0n) is 14.0. The number of furan rings is 1. The van der Waals surface area contributed by atoms with Crippen molar-refractivity contribution >= 4 is 46.3 Å². The zero-order valence-corrected chi connectivity index (χ0v) is 15.7. The molecular weight excluding hydrogens is 358 g/mol. The molecule has 2 atom stereocenters. The lowest BCUT2D eigenvalue weighted by Crippen LogP contribution is -2.29. The average molecular weight is 378 g/mol. The van der Waals surface area contributed by atoms with E-state index in [1.165, 1.54) is 11.8 Å². The van der Waals surface area contributed by atoms with Crippen LogP contribution in [0.5, 0.6) is 0 Å². The van der Waals surface area contributed by atoms with Crippen molar-refractivity contribution in [1.29, 1.82) is 0 Å². The summed E-state index contributed by atoms with van der Waals surface area (Å²) in [6.07, 6.45) is 4.97. The van der Waals surface area contributed by atoms with Gasteiger partial charge in [0.05, 0.1) is 4.91 Å². The molecule has 2 fully saturated rings. The van der Waals surface area contributed by atoms with Crippen molar-refractivity contribution in [3.63, 3.8) is 0 Å². The second kappa shape index (κ2) is 7.74. The van der Waals surface area contributed by atoms with Gasteiger partial charge < -0.3 is 14.3 Å². The fourth-order valence-corrected chi connectivity index (χ4v) is 4.19. The number of hydrogen-bond acceptors (Lipinski definition) is 6. The van der Waals surface area contributed by atoms with Gasteiger partial charge in [0.1, 0.15) is 15.8 Å². The summed E-state index contributed by atoms with van der Waals surface area (Å²) in [5, 5.41) is 10.4. The number of carboxylic acids is 1. The molecule has 0 N–H and O–H groups in total. The Balaban J connectivity index is 1.55. The molecule has 1 saturated carbocycles. The fourth-order valence-electron chi connectivity index (χ4n) is 2.90. The number of unbranched alkanes of at least 4 members (excludes halogenated alkanes) is 2. The van der Waals surface area contributed by atoms with Gasteiger partial charge in [-0.25, -0.2) is 0 Å². The first-order valence-corrected chi connectivity index (χ1v) is 9.73. The quantitative estimate of drug-likeness (QED) is 0.393. The lowest BCUT2D eigenvalue weighted by atomic mass is 10.2. The number of thioether (sulfide) groups is 1. The maximum atomic E-state index is 12.5. The normalized spacial score (nSPS) is 24.4. The van der Waals surface area contributed by atoms with Crippen molar-refractivity contribution < 1.29 is 19.1 Å². The molecule has 2 heterocycles. The minimum absolute atomic E-state index is 0.0543. The van der Waals surface area contributed by atoms with E-state index in [9.17, 15) is 14.7 Å². The standard InChI is InChI=1S/C18H21NO4S2/c1-11-9-13(11)14-7-6-12(23-14)10-15-17(22)19(18(24)25-15)8-4-2-3-5-16(20)21/h6-7,10-11,13H,2-5,8-9H2,1H3,(H,20,21)/p-1/b15-10-/t11-,13-/m0/s1. The number of thiocarbonyl (C=S) groups is 1. The first-order valence-electron chi connectivity index (χ1n) is 8.50. The SMILES string of the molecule is C[C@H]1C[C@@H]1c1ccc(/C=C2\SC(=S)N(CCCCCC(=O)[O-])C2=O)o1. The highest BCUT2D eigenvalue weighted by Gasteiger charge is 2.37. The van der Waals surface area contributed by atoms with Crippen molar-refractivity contribution in [3.05, 3.63) is 28.6 Å². The molecule has 1 saturated heterocycles. The molecule has 1 aliphatic heterocycles. The third kappa shape index (κ3) is 4.52. The Morgan fingerprint density at radius 2 is 2.20 bits per heavy atom. The van der Waals surface area contributed by atoms with Crippen LogP contribution in [-0.2, 0) is 9.59 Å². The van der Waals surface area contributed by atoms with Crippen LogP contribution in [0.15, 0.2) is 21.5 Å². The second-order valence-corrected chi connectivity index (χ2v) is 8.25. The fraction of sp³-hybridized carbons (Fsp3) is 0.500. The Labute approximate surface area is 156 Å². The van der Waals surface area contributed by atoms with Crippen molar-refractivity contribution in [2.24, 2.45) is 5.92 Å². The molecule has 25 heavy (non-hydrogen) atoms. The molecule has 7 heteroatoms. The number of hydrogen-bond donors (Lipinski definition) is 0. The van der Waals surface area contributed by atoms with Gasteiger partial charge in [-0.15, -0.1) is 0 Å². The number of carboxylic acid groups (broad SMARTS) is 1. The lowest BCUT2D eigenvalue weighted by molar-refractivity contribution is -0.305. The van der Waals surface area contributed by atoms with Crippen LogP contribution in [0.4, 0.5) is 0 Å². The van der Waals surface area contributed by atoms with Crippen molar-refractivity contribution in [3.8, 4) is 0 Å². The number of carbonyl (C=O) groups is 2. The van der Waals surface area contributed by atoms with E-state index in [1.54, 1.807) is 11.0 Å². The van der Waals surface area contributed by atoms with E-state index in [2.05, 4.69) is 6.92 Å². The number of nitrogens with zero attached hydrogens (tertiary/aromatic N) is 1. The Morgan fingerprint density at radius 3 is 2.88 bits per heavy atom. The van der Waals surface area contributed by atoms with E-state index < -0.39 is 5.97 Å². The van der Waals surface area contributed by atoms with Crippen LogP contribution in [0.25, 0.3) is 6.08 Å². The van der Waals surface area contributed by atoms with Gasteiger partial charge in [0.15, 0.2) is 0 Å². The van der Waals surface area contributed by atoms with E-state index >= 15 is 0 Å². The molecule has 5 nitrogen and oxygen atoms in total. The minimum atomic E-state index is -1.04. The topological polar surface area (TPSA) is 73.6 Å². The number of aliphatic carboxylic acids is 1. The summed E-state index contributed by atoms with van der Waals surface area (Å²) in [6.45, 7) is 2.71. The van der Waals surface area contributed by atoms with Crippen molar-refractivity contribution in [2.75, 3.05) is 6.54 Å². The molecule has 0 bridgehead atoms. The lowest BCUT2D eigenvalue weighted by Gasteiger charge is -2.14. The van der Waals surface area contributed by atoms with Gasteiger partial charge in [0, 0.05) is 24.5 Å². The predicted molar refractivity (Wildman–Crippen MR) is 98.6 cm³/mol. The van der Waals surface area contributed by atoms with Gasteiger partial charge in [-0.2, -0.15) is 0 Å². The molecule has 0 spiro atoms. The molecule has 0 aromatic carbocycles. The molecule has 1 aliphatic carbocycles. The second-order valence-electron chi connectivity index (χ2n) is 6.58. The zero-order chi connectivity index (χ0) is 18.0. The van der Waals surface area contributed by atoms with Crippen LogP contribution >= 0.6 is 24.0 Å². The van der Waals surface area contributed by atoms with Crippen LogP contribution in [0.2, 0.25) is 0 Å². The Kier molecular flexibility index (Phi) is 5.64. The maximum Gasteiger partial charge on any atom is 0.266 e. The number of carbonyl (C=O) groups excluding carboxylic acids is 2. The highest BCUT2D eigenvalue weighted by molar-refractivity contribution is 8.26. The Morgan fingerprint density at radius 1 is 1.44 bits per heavy atom. The van der Waals surface area contributed by atoms with Crippen LogP contribution in [0, 0.1) is 5.92 Å². The molecule has 0 unspecified atom stereocenters. The van der Waals surface area contributed by atoms with Gasteiger partial charge in [0.25, 0.3) is 5.91 Å². The monoisotopic (exact) mass is 378 g/mol. The van der Waals surface area contributed by atoms with Crippen LogP contribution < -0.4 is 5.11 Å². The first-order chi connectivity index (χ1) is 12.0. The van der Waals surface area contributed by atoms with Crippen LogP contribution in [0.1, 0.15) is 56.5 Å². The molecule has 134 valence electrons. The van der Waals surface area contributed by atoms with E-state index in [-0.39, 0.29) is 12.3 Å². The molecule has 0 radical (unpaired) electrons. The summed E-state index contributed by atoms with van der Waals surface area (Å²) < 4.78 is 6.37. The minimum Gasteiger partial charge on any atom is -0.550 e. The van der Waals surface area contributed by atoms with Gasteiger partial charge in [0.2, 0.25) is 0 Å². The van der Waals surface area contributed by atoms with Crippen molar-refractivity contribution in [1.82, 2.24) is 4.90 Å². The molecule has 3 rings (SSSR count). The average Bonchev–Trinajstić information content (AvgIpc) is 3.00. The van der Waals surface area contributed by atoms with Crippen LogP contribution in [-0.4, -0.2) is 27.6 Å². The van der Waals surface area contributed by atoms with Crippen molar-refractivity contribution in [2.45, 2.75) is 44.9 Å². The van der Waals surface area contributed by atoms with E-state index in [0.717, 1.165) is 25.0 Å². The number of amides is 1. The van der Waals surface area contributed by atoms with Gasteiger partial charge >= 0.3 is 0 Å². The maximum absolute atomic E-state index is 12.5. The Bertz CT molecular complexity index is 724. The van der Waals surface area contributed by atoms with Gasteiger partial charge in [-0.1, -0.05) is 37.3 Å². The van der Waals surface area contributed by atoms with E-state index in [1.807, 2.05) is 12.1 Å². The molecule has 2 aliphatic rings. The number of rotatable bonds is 8. The van der Waals surface area contributed by atoms with Gasteiger partial charge in [-0.05, 0) is 43.7 Å². The summed E-state index contributed by atoms with van der Waals surface area (Å²) in [4.78, 5) is 25.0. The summed E-state index contributed by atoms with van der Waals surface area (Å²) in [5.74, 6) is 1.72. The first kappa shape index (κ1) is 18.2. The third-order valence-electron chi connectivity index (χ3n) is 4.53. The Hall–Kier alpha value is -1.60. The molecule has 1 aromatic rings. The summed E-state index contributed by atoms with van der Waals surface area (Å²) >= 11 is 6.58. The molecular formula is C18H20NO4S2-. The van der Waals surface area contributed by atoms with E-state index in [4.69, 9.17) is 16.6 Å².